The summed E-state index contributed by atoms with van der Waals surface area (Å²) in [6, 6.07) is 38.3. The van der Waals surface area contributed by atoms with Crippen molar-refractivity contribution < 1.29 is 28.7 Å². The average molecular weight is 881 g/mol. The quantitative estimate of drug-likeness (QED) is 0.104. The molecule has 14 heteroatoms. The van der Waals surface area contributed by atoms with E-state index in [-0.39, 0.29) is 23.9 Å². The van der Waals surface area contributed by atoms with Crippen LogP contribution in [0.4, 0.5) is 9.59 Å². The van der Waals surface area contributed by atoms with Crippen LogP contribution in [0.3, 0.4) is 0 Å². The molecule has 2 fully saturated rings. The third kappa shape index (κ3) is 7.84. The molecule has 6 aromatic carbocycles. The number of nitrogens with one attached hydrogen (secondary N) is 2. The number of aromatic nitrogens is 4. The van der Waals surface area contributed by atoms with E-state index in [1.807, 2.05) is 24.3 Å². The van der Waals surface area contributed by atoms with Gasteiger partial charge in [-0.1, -0.05) is 91.0 Å². The number of ether oxygens (including phenoxy) is 2. The van der Waals surface area contributed by atoms with E-state index < -0.39 is 24.4 Å². The molecule has 2 saturated heterocycles. The first-order valence-electron chi connectivity index (χ1n) is 22.2. The highest BCUT2D eigenvalue weighted by molar-refractivity contribution is 5.97. The molecule has 0 aliphatic carbocycles. The van der Waals surface area contributed by atoms with Gasteiger partial charge in [-0.3, -0.25) is 9.59 Å². The van der Waals surface area contributed by atoms with Gasteiger partial charge < -0.3 is 40.7 Å². The summed E-state index contributed by atoms with van der Waals surface area (Å²) >= 11 is 0. The van der Waals surface area contributed by atoms with Crippen LogP contribution in [0.2, 0.25) is 0 Å². The first-order valence-corrected chi connectivity index (χ1v) is 22.2. The van der Waals surface area contributed by atoms with E-state index in [0.717, 1.165) is 79.1 Å². The standard InChI is InChI=1S/C52H48N8O6/c1-29-25-35-18-17-33(34-19-21-38-40(27-34)57-47(55-38)42-15-9-23-59(42)49(61)45(65-51(53)63)31-11-5-3-6-12-31)26-37(35)30(2)44(29)36-20-22-39-41(28-36)58-48(56-39)43-16-10-24-60(43)50(62)46(66-52(54)64)32-13-7-4-8-14-32/h3-8,11-14,17-22,25-28,42-43,45-46H,9-10,15-16,23-24H2,1-2H3,(H2,53,63)(H2,54,64)(H,55,57)(H,56,58)/t42?,43?,45-,46-/m1/s1. The van der Waals surface area contributed by atoms with E-state index in [2.05, 4.69) is 72.3 Å². The first-order chi connectivity index (χ1) is 32.0. The lowest BCUT2D eigenvalue weighted by Gasteiger charge is -2.27. The Balaban J connectivity index is 0.918. The van der Waals surface area contributed by atoms with Crippen LogP contribution in [0.15, 0.2) is 121 Å². The fraction of sp³-hybridized carbons (Fsp3) is 0.231. The summed E-state index contributed by atoms with van der Waals surface area (Å²) in [5.41, 5.74) is 21.7. The maximum atomic E-state index is 14.0. The highest BCUT2D eigenvalue weighted by Crippen LogP contribution is 2.40. The molecular formula is C52H48N8O6. The second-order valence-electron chi connectivity index (χ2n) is 17.2. The molecule has 2 aliphatic rings. The Bertz CT molecular complexity index is 3180. The third-order valence-electron chi connectivity index (χ3n) is 13.0. The van der Waals surface area contributed by atoms with Crippen LogP contribution in [-0.4, -0.2) is 66.8 Å². The van der Waals surface area contributed by atoms with E-state index in [0.29, 0.717) is 48.7 Å². The van der Waals surface area contributed by atoms with E-state index in [1.54, 1.807) is 58.3 Å². The summed E-state index contributed by atoms with van der Waals surface area (Å²) in [5, 5.41) is 2.26. The highest BCUT2D eigenvalue weighted by Gasteiger charge is 2.39. The number of likely N-dealkylation sites (tertiary alicyclic amines) is 2. The van der Waals surface area contributed by atoms with Crippen LogP contribution in [0, 0.1) is 13.8 Å². The lowest BCUT2D eigenvalue weighted by atomic mass is 9.89. The smallest absolute Gasteiger partial charge is 0.405 e. The topological polar surface area (TPSA) is 203 Å². The summed E-state index contributed by atoms with van der Waals surface area (Å²) in [6.45, 7) is 5.29. The number of aryl methyl sites for hydroxylation is 2. The Labute approximate surface area is 379 Å². The summed E-state index contributed by atoms with van der Waals surface area (Å²) in [6.07, 6.45) is -1.35. The van der Waals surface area contributed by atoms with Crippen molar-refractivity contribution in [2.24, 2.45) is 11.5 Å². The number of hydrogen-bond acceptors (Lipinski definition) is 8. The van der Waals surface area contributed by atoms with Gasteiger partial charge in [-0.15, -0.1) is 0 Å². The summed E-state index contributed by atoms with van der Waals surface area (Å²) < 4.78 is 10.7. The van der Waals surface area contributed by atoms with E-state index in [4.69, 9.17) is 30.9 Å². The largest absolute Gasteiger partial charge is 0.431 e. The number of imidazole rings is 2. The molecule has 4 atom stereocenters. The lowest BCUT2D eigenvalue weighted by molar-refractivity contribution is -0.142. The molecule has 0 radical (unpaired) electrons. The number of fused-ring (bicyclic) bond motifs is 3. The first kappa shape index (κ1) is 42.0. The summed E-state index contributed by atoms with van der Waals surface area (Å²) in [4.78, 5) is 72.0. The maximum absolute atomic E-state index is 14.0. The van der Waals surface area contributed by atoms with Gasteiger partial charge in [-0.2, -0.15) is 0 Å². The second-order valence-corrected chi connectivity index (χ2v) is 17.2. The van der Waals surface area contributed by atoms with Crippen molar-refractivity contribution in [2.45, 2.75) is 63.8 Å². The zero-order chi connectivity index (χ0) is 45.6. The number of amides is 4. The van der Waals surface area contributed by atoms with Crippen LogP contribution >= 0.6 is 0 Å². The number of carbonyl (C=O) groups is 4. The average Bonchev–Trinajstić information content (AvgIpc) is 4.16. The van der Waals surface area contributed by atoms with Gasteiger partial charge in [0.25, 0.3) is 11.8 Å². The van der Waals surface area contributed by atoms with Gasteiger partial charge in [-0.25, -0.2) is 19.6 Å². The molecule has 2 aliphatic heterocycles. The molecule has 8 aromatic rings. The number of nitrogens with zero attached hydrogens (tertiary/aromatic N) is 4. The van der Waals surface area contributed by atoms with Crippen molar-refractivity contribution >= 4 is 56.8 Å². The molecule has 10 rings (SSSR count). The van der Waals surface area contributed by atoms with Crippen LogP contribution in [0.25, 0.3) is 55.1 Å². The van der Waals surface area contributed by atoms with Gasteiger partial charge in [0.15, 0.2) is 0 Å². The number of carbonyl (C=O) groups excluding carboxylic acids is 4. The molecule has 332 valence electrons. The summed E-state index contributed by atoms with van der Waals surface area (Å²) in [7, 11) is 0. The number of nitrogens with two attached hydrogens (primary N) is 2. The van der Waals surface area contributed by atoms with Crippen molar-refractivity contribution in [3.8, 4) is 22.3 Å². The van der Waals surface area contributed by atoms with Crippen molar-refractivity contribution in [3.05, 3.63) is 155 Å². The van der Waals surface area contributed by atoms with Gasteiger partial charge in [0.2, 0.25) is 12.2 Å². The molecule has 14 nitrogen and oxygen atoms in total. The van der Waals surface area contributed by atoms with Gasteiger partial charge >= 0.3 is 12.2 Å². The SMILES string of the molecule is Cc1cc2ccc(-c3ccc4nc(C5CCCN5C(=O)[C@H](OC(N)=O)c5ccccc5)[nH]c4c3)cc2c(C)c1-c1ccc2nc(C3CCCN3C(=O)[C@H](OC(N)=O)c3ccccc3)[nH]c2c1. The van der Waals surface area contributed by atoms with Crippen molar-refractivity contribution in [2.75, 3.05) is 13.1 Å². The minimum atomic E-state index is -1.15. The Morgan fingerprint density at radius 1 is 0.606 bits per heavy atom. The Hall–Kier alpha value is -8.00. The van der Waals surface area contributed by atoms with Crippen LogP contribution < -0.4 is 11.5 Å². The third-order valence-corrected chi connectivity index (χ3v) is 13.0. The zero-order valence-corrected chi connectivity index (χ0v) is 36.5. The minimum absolute atomic E-state index is 0.322. The number of primary amides is 2. The van der Waals surface area contributed by atoms with Crippen LogP contribution in [-0.2, 0) is 19.1 Å². The van der Waals surface area contributed by atoms with Crippen molar-refractivity contribution in [1.82, 2.24) is 29.7 Å². The fourth-order valence-electron chi connectivity index (χ4n) is 10.0. The van der Waals surface area contributed by atoms with E-state index in [9.17, 15) is 19.2 Å². The Morgan fingerprint density at radius 3 is 1.59 bits per heavy atom. The number of rotatable bonds is 10. The molecule has 66 heavy (non-hydrogen) atoms. The predicted molar refractivity (Wildman–Crippen MR) is 251 cm³/mol. The highest BCUT2D eigenvalue weighted by atomic mass is 16.6. The fourth-order valence-corrected chi connectivity index (χ4v) is 10.0. The normalized spacial score (nSPS) is 17.1. The van der Waals surface area contributed by atoms with Gasteiger partial charge in [0.05, 0.1) is 34.2 Å². The molecule has 4 amide bonds. The number of H-pyrrole nitrogens is 2. The molecule has 0 spiro atoms. The molecule has 2 aromatic heterocycles. The van der Waals surface area contributed by atoms with Crippen molar-refractivity contribution in [3.63, 3.8) is 0 Å². The Kier molecular flexibility index (Phi) is 10.9. The molecule has 6 N–H and O–H groups in total. The lowest BCUT2D eigenvalue weighted by Crippen LogP contribution is -2.37. The Morgan fingerprint density at radius 2 is 1.08 bits per heavy atom. The van der Waals surface area contributed by atoms with Gasteiger partial charge in [0.1, 0.15) is 11.6 Å². The number of aromatic amines is 2. The van der Waals surface area contributed by atoms with Gasteiger partial charge in [0, 0.05) is 24.2 Å². The maximum Gasteiger partial charge on any atom is 0.405 e. The zero-order valence-electron chi connectivity index (χ0n) is 36.5. The predicted octanol–water partition coefficient (Wildman–Crippen LogP) is 9.54. The number of hydrogen-bond donors (Lipinski definition) is 4. The monoisotopic (exact) mass is 880 g/mol. The second kappa shape index (κ2) is 17.2. The van der Waals surface area contributed by atoms with Crippen LogP contribution in [0.1, 0.15) is 83.9 Å². The van der Waals surface area contributed by atoms with Crippen molar-refractivity contribution in [1.29, 1.82) is 0 Å². The molecule has 4 heterocycles. The molecule has 0 bridgehead atoms. The molecular weight excluding hydrogens is 833 g/mol. The molecule has 0 saturated carbocycles. The van der Waals surface area contributed by atoms with E-state index in [1.165, 1.54) is 0 Å². The van der Waals surface area contributed by atoms with Crippen LogP contribution in [0.5, 0.6) is 0 Å². The van der Waals surface area contributed by atoms with E-state index >= 15 is 0 Å². The van der Waals surface area contributed by atoms with Gasteiger partial charge in [-0.05, 0) is 114 Å². The molecule has 2 unspecified atom stereocenters. The number of benzene rings is 6. The minimum Gasteiger partial charge on any atom is -0.431 e. The summed E-state index contributed by atoms with van der Waals surface area (Å²) in [5.74, 6) is 0.680.